The first-order valence-electron chi connectivity index (χ1n) is 5.87. The number of pyridine rings is 1. The minimum Gasteiger partial charge on any atom is -0.467 e. The van der Waals surface area contributed by atoms with Crippen molar-refractivity contribution in [2.45, 2.75) is 6.54 Å². The molecular formula is C13H10N4O3. The molecule has 0 aliphatic rings. The van der Waals surface area contributed by atoms with E-state index in [1.165, 1.54) is 6.26 Å². The molecule has 0 bridgehead atoms. The van der Waals surface area contributed by atoms with Gasteiger partial charge in [-0.05, 0) is 24.3 Å². The molecule has 1 amide bonds. The van der Waals surface area contributed by atoms with Crippen LogP contribution in [-0.4, -0.2) is 21.1 Å². The van der Waals surface area contributed by atoms with Crippen LogP contribution in [0.1, 0.15) is 16.4 Å². The lowest BCUT2D eigenvalue weighted by atomic mass is 10.3. The third kappa shape index (κ3) is 2.56. The van der Waals surface area contributed by atoms with E-state index in [1.807, 2.05) is 0 Å². The van der Waals surface area contributed by atoms with Crippen LogP contribution in [0.2, 0.25) is 0 Å². The van der Waals surface area contributed by atoms with E-state index in [0.29, 0.717) is 11.3 Å². The van der Waals surface area contributed by atoms with Crippen LogP contribution in [0.25, 0.3) is 11.5 Å². The summed E-state index contributed by atoms with van der Waals surface area (Å²) in [4.78, 5) is 15.7. The monoisotopic (exact) mass is 270 g/mol. The van der Waals surface area contributed by atoms with E-state index in [-0.39, 0.29) is 18.3 Å². The van der Waals surface area contributed by atoms with Crippen LogP contribution in [-0.2, 0) is 6.54 Å². The van der Waals surface area contributed by atoms with Gasteiger partial charge in [-0.15, -0.1) is 10.2 Å². The van der Waals surface area contributed by atoms with Crippen molar-refractivity contribution in [2.75, 3.05) is 0 Å². The largest absolute Gasteiger partial charge is 0.467 e. The van der Waals surface area contributed by atoms with Gasteiger partial charge in [0, 0.05) is 18.0 Å². The lowest BCUT2D eigenvalue weighted by Crippen LogP contribution is -2.22. The Morgan fingerprint density at radius 1 is 1.20 bits per heavy atom. The molecule has 0 spiro atoms. The van der Waals surface area contributed by atoms with E-state index < -0.39 is 5.91 Å². The number of carbonyl (C=O) groups is 1. The fourth-order valence-electron chi connectivity index (χ4n) is 1.58. The Balaban J connectivity index is 1.69. The highest BCUT2D eigenvalue weighted by atomic mass is 16.4. The second-order valence-corrected chi connectivity index (χ2v) is 3.91. The summed E-state index contributed by atoms with van der Waals surface area (Å²) >= 11 is 0. The second-order valence-electron chi connectivity index (χ2n) is 3.91. The fraction of sp³-hybridized carbons (Fsp3) is 0.0769. The van der Waals surface area contributed by atoms with Crippen molar-refractivity contribution in [2.24, 2.45) is 0 Å². The van der Waals surface area contributed by atoms with E-state index in [9.17, 15) is 4.79 Å². The van der Waals surface area contributed by atoms with Gasteiger partial charge in [-0.1, -0.05) is 0 Å². The average Bonchev–Trinajstić information content (AvgIpc) is 3.17. The zero-order valence-corrected chi connectivity index (χ0v) is 10.3. The number of hydrogen-bond donors (Lipinski definition) is 1. The molecule has 100 valence electrons. The summed E-state index contributed by atoms with van der Waals surface area (Å²) < 4.78 is 10.4. The fourth-order valence-corrected chi connectivity index (χ4v) is 1.58. The third-order valence-electron chi connectivity index (χ3n) is 2.55. The standard InChI is InChI=1S/C13H10N4O3/c18-11(15-8-10-2-1-7-19-10)13-17-16-12(20-13)9-3-5-14-6-4-9/h1-7H,8H2,(H,15,18). The molecule has 0 aromatic carbocycles. The van der Waals surface area contributed by atoms with Crippen molar-refractivity contribution in [1.29, 1.82) is 0 Å². The number of furan rings is 1. The summed E-state index contributed by atoms with van der Waals surface area (Å²) in [5.74, 6) is 0.375. The summed E-state index contributed by atoms with van der Waals surface area (Å²) in [5, 5.41) is 10.2. The number of rotatable bonds is 4. The van der Waals surface area contributed by atoms with Crippen LogP contribution in [0.3, 0.4) is 0 Å². The Kier molecular flexibility index (Phi) is 3.24. The molecule has 0 unspecified atom stereocenters. The van der Waals surface area contributed by atoms with Gasteiger partial charge < -0.3 is 14.2 Å². The molecule has 0 saturated heterocycles. The quantitative estimate of drug-likeness (QED) is 0.774. The van der Waals surface area contributed by atoms with Crippen LogP contribution in [0.4, 0.5) is 0 Å². The minimum absolute atomic E-state index is 0.0941. The maximum Gasteiger partial charge on any atom is 0.309 e. The zero-order valence-electron chi connectivity index (χ0n) is 10.3. The summed E-state index contributed by atoms with van der Waals surface area (Å²) in [5.41, 5.74) is 0.706. The van der Waals surface area contributed by atoms with Gasteiger partial charge in [0.15, 0.2) is 0 Å². The van der Waals surface area contributed by atoms with Gasteiger partial charge in [0.1, 0.15) is 5.76 Å². The number of aromatic nitrogens is 3. The molecule has 7 nitrogen and oxygen atoms in total. The predicted molar refractivity (Wildman–Crippen MR) is 67.4 cm³/mol. The van der Waals surface area contributed by atoms with Crippen molar-refractivity contribution in [3.63, 3.8) is 0 Å². The SMILES string of the molecule is O=C(NCc1ccco1)c1nnc(-c2ccncc2)o1. The van der Waals surface area contributed by atoms with Crippen molar-refractivity contribution in [3.05, 3.63) is 54.6 Å². The molecule has 0 saturated carbocycles. The third-order valence-corrected chi connectivity index (χ3v) is 2.55. The van der Waals surface area contributed by atoms with E-state index in [2.05, 4.69) is 20.5 Å². The normalized spacial score (nSPS) is 10.4. The first kappa shape index (κ1) is 12.1. The molecule has 20 heavy (non-hydrogen) atoms. The van der Waals surface area contributed by atoms with Gasteiger partial charge >= 0.3 is 11.8 Å². The number of nitrogens with one attached hydrogen (secondary N) is 1. The molecule has 7 heteroatoms. The molecule has 3 aromatic rings. The molecule has 0 aliphatic heterocycles. The van der Waals surface area contributed by atoms with Crippen LogP contribution in [0.15, 0.2) is 51.8 Å². The Labute approximate surface area is 113 Å². The van der Waals surface area contributed by atoms with Crippen LogP contribution in [0, 0.1) is 0 Å². The van der Waals surface area contributed by atoms with Gasteiger partial charge in [-0.25, -0.2) is 0 Å². The Morgan fingerprint density at radius 2 is 2.05 bits per heavy atom. The van der Waals surface area contributed by atoms with Crippen molar-refractivity contribution < 1.29 is 13.6 Å². The van der Waals surface area contributed by atoms with Gasteiger partial charge in [-0.3, -0.25) is 9.78 Å². The van der Waals surface area contributed by atoms with E-state index in [4.69, 9.17) is 8.83 Å². The smallest absolute Gasteiger partial charge is 0.309 e. The Morgan fingerprint density at radius 3 is 2.80 bits per heavy atom. The van der Waals surface area contributed by atoms with Crippen LogP contribution < -0.4 is 5.32 Å². The summed E-state index contributed by atoms with van der Waals surface area (Å²) in [6.07, 6.45) is 4.75. The summed E-state index contributed by atoms with van der Waals surface area (Å²) in [6.45, 7) is 0.263. The van der Waals surface area contributed by atoms with Crippen LogP contribution >= 0.6 is 0 Å². The van der Waals surface area contributed by atoms with Crippen molar-refractivity contribution in [1.82, 2.24) is 20.5 Å². The molecule has 0 fully saturated rings. The summed E-state index contributed by atoms with van der Waals surface area (Å²) in [7, 11) is 0. The van der Waals surface area contributed by atoms with Gasteiger partial charge in [0.2, 0.25) is 5.89 Å². The predicted octanol–water partition coefficient (Wildman–Crippen LogP) is 1.65. The maximum atomic E-state index is 11.8. The zero-order chi connectivity index (χ0) is 13.8. The number of amides is 1. The lowest BCUT2D eigenvalue weighted by molar-refractivity contribution is 0.0914. The highest BCUT2D eigenvalue weighted by molar-refractivity contribution is 5.89. The van der Waals surface area contributed by atoms with Crippen molar-refractivity contribution in [3.8, 4) is 11.5 Å². The molecule has 0 atom stereocenters. The van der Waals surface area contributed by atoms with Crippen LogP contribution in [0.5, 0.6) is 0 Å². The second kappa shape index (κ2) is 5.35. The van der Waals surface area contributed by atoms with E-state index in [1.54, 1.807) is 36.7 Å². The van der Waals surface area contributed by atoms with E-state index >= 15 is 0 Å². The molecule has 3 heterocycles. The van der Waals surface area contributed by atoms with Gasteiger partial charge in [0.05, 0.1) is 12.8 Å². The molecule has 3 aromatic heterocycles. The first-order chi connectivity index (χ1) is 9.83. The molecular weight excluding hydrogens is 260 g/mol. The molecule has 0 aliphatic carbocycles. The topological polar surface area (TPSA) is 94.1 Å². The average molecular weight is 270 g/mol. The highest BCUT2D eigenvalue weighted by Gasteiger charge is 2.15. The lowest BCUT2D eigenvalue weighted by Gasteiger charge is -1.98. The highest BCUT2D eigenvalue weighted by Crippen LogP contribution is 2.16. The Bertz CT molecular complexity index is 692. The van der Waals surface area contributed by atoms with Gasteiger partial charge in [-0.2, -0.15) is 0 Å². The Hall–Kier alpha value is -2.96. The van der Waals surface area contributed by atoms with Crippen molar-refractivity contribution >= 4 is 5.91 Å². The number of carbonyl (C=O) groups excluding carboxylic acids is 1. The first-order valence-corrected chi connectivity index (χ1v) is 5.87. The summed E-state index contributed by atoms with van der Waals surface area (Å²) in [6, 6.07) is 6.95. The number of hydrogen-bond acceptors (Lipinski definition) is 6. The molecule has 0 radical (unpaired) electrons. The number of nitrogens with zero attached hydrogens (tertiary/aromatic N) is 3. The maximum absolute atomic E-state index is 11.8. The van der Waals surface area contributed by atoms with Gasteiger partial charge in [0.25, 0.3) is 0 Å². The minimum atomic E-state index is -0.450. The molecule has 1 N–H and O–H groups in total. The molecule has 3 rings (SSSR count). The van der Waals surface area contributed by atoms with E-state index in [0.717, 1.165) is 0 Å².